The standard InChI is InChI=1S/C18H25N2.CHBr2.Ni/c1-17(2,3)13-7-9-19-15(11-13)16-12-14(8-10-20-16)18(4,5)6;2-1-3;/h7-12,15H,1-6H3;1H;/q2*-1;+2. The van der Waals surface area contributed by atoms with Crippen molar-refractivity contribution in [1.82, 2.24) is 4.98 Å². The molecule has 1 aliphatic heterocycles. The number of hydrogen-bond donors (Lipinski definition) is 0. The van der Waals surface area contributed by atoms with Gasteiger partial charge in [-0.25, -0.2) is 4.24 Å². The molecule has 0 saturated carbocycles. The molecule has 1 atom stereocenters. The van der Waals surface area contributed by atoms with Crippen molar-refractivity contribution in [2.75, 3.05) is 0 Å². The van der Waals surface area contributed by atoms with Crippen LogP contribution in [0.2, 0.25) is 0 Å². The quantitative estimate of drug-likeness (QED) is 0.296. The molecule has 1 aromatic rings. The summed E-state index contributed by atoms with van der Waals surface area (Å²) in [4.78, 5) is 4.52. The number of rotatable bonds is 1. The van der Waals surface area contributed by atoms with Gasteiger partial charge in [0.15, 0.2) is 0 Å². The topological polar surface area (TPSA) is 27.0 Å². The van der Waals surface area contributed by atoms with Crippen LogP contribution in [0.1, 0.15) is 58.8 Å². The Morgan fingerprint density at radius 3 is 2.17 bits per heavy atom. The van der Waals surface area contributed by atoms with Crippen LogP contribution in [-0.4, -0.2) is 4.98 Å². The zero-order valence-corrected chi connectivity index (χ0v) is 19.2. The first-order valence-corrected chi connectivity index (χ1v) is 9.50. The summed E-state index contributed by atoms with van der Waals surface area (Å²) >= 11 is 5.88. The summed E-state index contributed by atoms with van der Waals surface area (Å²) < 4.78 is 1.62. The molecule has 0 amide bonds. The van der Waals surface area contributed by atoms with Gasteiger partial charge in [0.2, 0.25) is 0 Å². The van der Waals surface area contributed by atoms with E-state index in [0.29, 0.717) is 0 Å². The van der Waals surface area contributed by atoms with E-state index in [2.05, 4.69) is 108 Å². The minimum absolute atomic E-state index is 0. The van der Waals surface area contributed by atoms with E-state index in [9.17, 15) is 0 Å². The summed E-state index contributed by atoms with van der Waals surface area (Å²) in [5, 5.41) is 4.57. The molecule has 1 aliphatic rings. The summed E-state index contributed by atoms with van der Waals surface area (Å²) in [6, 6.07) is 4.32. The fraction of sp³-hybridized carbons (Fsp3) is 0.474. The zero-order valence-electron chi connectivity index (χ0n) is 15.1. The van der Waals surface area contributed by atoms with Gasteiger partial charge in [-0.15, -0.1) is 0 Å². The maximum atomic E-state index is 4.57. The maximum Gasteiger partial charge on any atom is 2.00 e. The summed E-state index contributed by atoms with van der Waals surface area (Å²) in [5.41, 5.74) is 3.94. The molecule has 24 heavy (non-hydrogen) atoms. The molecule has 0 aromatic carbocycles. The van der Waals surface area contributed by atoms with Gasteiger partial charge in [-0.2, -0.15) is 6.20 Å². The number of hydrogen-bond acceptors (Lipinski definition) is 1. The van der Waals surface area contributed by atoms with Crippen LogP contribution in [0.25, 0.3) is 5.32 Å². The second-order valence-corrected chi connectivity index (χ2v) is 9.73. The maximum absolute atomic E-state index is 4.57. The second kappa shape index (κ2) is 10.1. The van der Waals surface area contributed by atoms with Crippen molar-refractivity contribution in [2.45, 2.75) is 53.0 Å². The smallest absolute Gasteiger partial charge is 0.680 e. The Morgan fingerprint density at radius 2 is 1.67 bits per heavy atom. The fourth-order valence-electron chi connectivity index (χ4n) is 2.22. The van der Waals surface area contributed by atoms with E-state index in [1.807, 2.05) is 12.4 Å². The number of nitrogens with zero attached hydrogens (tertiary/aromatic N) is 2. The summed E-state index contributed by atoms with van der Waals surface area (Å²) in [6.07, 6.45) is 8.14. The molecule has 2 heterocycles. The summed E-state index contributed by atoms with van der Waals surface area (Å²) in [7, 11) is 0. The molecule has 0 spiro atoms. The molecule has 1 unspecified atom stereocenters. The molecule has 0 saturated heterocycles. The molecule has 0 fully saturated rings. The van der Waals surface area contributed by atoms with Gasteiger partial charge < -0.3 is 37.2 Å². The minimum atomic E-state index is 0. The third-order valence-corrected chi connectivity index (χ3v) is 3.65. The van der Waals surface area contributed by atoms with Crippen molar-refractivity contribution >= 4 is 31.9 Å². The van der Waals surface area contributed by atoms with Gasteiger partial charge in [0.05, 0.1) is 0 Å². The molecule has 2 rings (SSSR count). The largest absolute Gasteiger partial charge is 2.00 e. The predicted molar refractivity (Wildman–Crippen MR) is 108 cm³/mol. The van der Waals surface area contributed by atoms with E-state index in [1.165, 1.54) is 11.1 Å². The molecule has 0 radical (unpaired) electrons. The normalized spacial score (nSPS) is 17.0. The predicted octanol–water partition coefficient (Wildman–Crippen LogP) is 7.19. The number of halogens is 2. The van der Waals surface area contributed by atoms with Gasteiger partial charge in [0.25, 0.3) is 0 Å². The Hall–Kier alpha value is -0.116. The molecular weight excluding hydrogens is 475 g/mol. The number of allylic oxidation sites excluding steroid dienone is 2. The Labute approximate surface area is 174 Å². The molecule has 136 valence electrons. The van der Waals surface area contributed by atoms with Crippen LogP contribution in [-0.2, 0) is 21.9 Å². The van der Waals surface area contributed by atoms with Crippen molar-refractivity contribution in [2.24, 2.45) is 5.41 Å². The number of pyridine rings is 1. The van der Waals surface area contributed by atoms with Crippen LogP contribution < -0.4 is 0 Å². The molecule has 5 heteroatoms. The van der Waals surface area contributed by atoms with E-state index in [4.69, 9.17) is 0 Å². The van der Waals surface area contributed by atoms with Gasteiger partial charge in [0, 0.05) is 11.9 Å². The van der Waals surface area contributed by atoms with Gasteiger partial charge in [-0.1, -0.05) is 59.7 Å². The first-order valence-electron chi connectivity index (χ1n) is 7.67. The Kier molecular flexibility index (Phi) is 10.1. The van der Waals surface area contributed by atoms with Gasteiger partial charge in [-0.3, -0.25) is 4.98 Å². The Balaban J connectivity index is 0.00000123. The number of aromatic nitrogens is 1. The second-order valence-electron chi connectivity index (χ2n) is 7.58. The van der Waals surface area contributed by atoms with E-state index in [-0.39, 0.29) is 33.4 Å². The van der Waals surface area contributed by atoms with E-state index >= 15 is 0 Å². The van der Waals surface area contributed by atoms with Crippen LogP contribution in [0.5, 0.6) is 0 Å². The van der Waals surface area contributed by atoms with Crippen LogP contribution in [0.3, 0.4) is 0 Å². The summed E-state index contributed by atoms with van der Waals surface area (Å²) in [6.45, 7) is 13.3. The average molecular weight is 501 g/mol. The molecular formula is C19H26Br2N2Ni. The average Bonchev–Trinajstić information content (AvgIpc) is 2.47. The molecule has 1 aromatic heterocycles. The first kappa shape index (κ1) is 23.9. The minimum Gasteiger partial charge on any atom is -0.680 e. The van der Waals surface area contributed by atoms with E-state index < -0.39 is 0 Å². The third-order valence-electron chi connectivity index (χ3n) is 3.65. The monoisotopic (exact) mass is 498 g/mol. The van der Waals surface area contributed by atoms with Crippen molar-refractivity contribution in [1.29, 1.82) is 0 Å². The third kappa shape index (κ3) is 7.41. The zero-order chi connectivity index (χ0) is 17.7. The van der Waals surface area contributed by atoms with Crippen LogP contribution in [0.15, 0.2) is 42.3 Å². The Morgan fingerprint density at radius 1 is 1.08 bits per heavy atom. The molecule has 0 N–H and O–H groups in total. The van der Waals surface area contributed by atoms with Crippen molar-refractivity contribution < 1.29 is 16.5 Å². The first-order chi connectivity index (χ1) is 10.6. The fourth-order valence-corrected chi connectivity index (χ4v) is 2.22. The van der Waals surface area contributed by atoms with E-state index in [0.717, 1.165) is 5.69 Å². The van der Waals surface area contributed by atoms with Gasteiger partial charge in [0.1, 0.15) is 0 Å². The van der Waals surface area contributed by atoms with Gasteiger partial charge >= 0.3 is 16.5 Å². The Bertz CT molecular complexity index is 569. The molecule has 2 nitrogen and oxygen atoms in total. The van der Waals surface area contributed by atoms with E-state index in [1.54, 1.807) is 4.24 Å². The molecule has 0 aliphatic carbocycles. The molecule has 0 bridgehead atoms. The van der Waals surface area contributed by atoms with Crippen molar-refractivity contribution in [3.63, 3.8) is 0 Å². The SMILES string of the molecule is Br[CH-]Br.CC(C)(C)C1=CC(c2cc(C(C)(C)C)ccn2)[N-]C=C1.[Ni+2]. The van der Waals surface area contributed by atoms with Crippen LogP contribution in [0, 0.1) is 9.65 Å². The van der Waals surface area contributed by atoms with Crippen molar-refractivity contribution in [3.05, 3.63) is 63.1 Å². The van der Waals surface area contributed by atoms with Crippen LogP contribution in [0.4, 0.5) is 0 Å². The van der Waals surface area contributed by atoms with Crippen LogP contribution >= 0.6 is 31.9 Å². The van der Waals surface area contributed by atoms with Gasteiger partial charge in [-0.05, 0) is 34.1 Å². The van der Waals surface area contributed by atoms with Crippen molar-refractivity contribution in [3.8, 4) is 0 Å². The summed E-state index contributed by atoms with van der Waals surface area (Å²) in [5.74, 6) is 0.